The summed E-state index contributed by atoms with van der Waals surface area (Å²) in [6.45, 7) is -0.278. The Hall–Kier alpha value is -0.830. The molecule has 0 heterocycles. The summed E-state index contributed by atoms with van der Waals surface area (Å²) in [5, 5.41) is 7.60. The number of carbonyl (C=O) groups is 1. The Kier molecular flexibility index (Phi) is 3.29. The molecule has 0 spiro atoms. The van der Waals surface area contributed by atoms with Gasteiger partial charge in [0, 0.05) is 0 Å². The monoisotopic (exact) mass is 169 g/mol. The molecule has 2 aliphatic carbocycles. The van der Waals surface area contributed by atoms with Crippen LogP contribution in [0.15, 0.2) is 12.2 Å². The molecule has 0 amide bonds. The van der Waals surface area contributed by atoms with E-state index in [-0.39, 0.29) is 6.54 Å². The Bertz CT molecular complexity index is 177. The van der Waals surface area contributed by atoms with E-state index in [4.69, 9.17) is 5.11 Å². The SMILES string of the molecule is C1=CC2CCC1C2.NCC(=O)O. The highest BCUT2D eigenvalue weighted by Gasteiger charge is 2.25. The molecule has 2 rings (SSSR count). The molecule has 1 fully saturated rings. The molecular weight excluding hydrogens is 154 g/mol. The van der Waals surface area contributed by atoms with E-state index in [1.807, 2.05) is 0 Å². The third kappa shape index (κ3) is 2.66. The second kappa shape index (κ2) is 4.26. The van der Waals surface area contributed by atoms with Crippen molar-refractivity contribution in [2.75, 3.05) is 6.54 Å². The summed E-state index contributed by atoms with van der Waals surface area (Å²) in [5.41, 5.74) is 4.57. The van der Waals surface area contributed by atoms with E-state index in [9.17, 15) is 4.79 Å². The summed E-state index contributed by atoms with van der Waals surface area (Å²) in [7, 11) is 0. The highest BCUT2D eigenvalue weighted by atomic mass is 16.4. The smallest absolute Gasteiger partial charge is 0.317 e. The van der Waals surface area contributed by atoms with E-state index in [2.05, 4.69) is 17.9 Å². The van der Waals surface area contributed by atoms with Gasteiger partial charge < -0.3 is 10.8 Å². The Morgan fingerprint density at radius 1 is 1.42 bits per heavy atom. The quantitative estimate of drug-likeness (QED) is 0.576. The molecule has 2 atom stereocenters. The zero-order valence-electron chi connectivity index (χ0n) is 7.07. The summed E-state index contributed by atoms with van der Waals surface area (Å²) in [5.74, 6) is 1.01. The van der Waals surface area contributed by atoms with Crippen LogP contribution < -0.4 is 5.73 Å². The number of nitrogens with two attached hydrogens (primary N) is 1. The molecule has 1 saturated carbocycles. The van der Waals surface area contributed by atoms with Crippen molar-refractivity contribution in [1.82, 2.24) is 0 Å². The molecule has 3 nitrogen and oxygen atoms in total. The number of hydrogen-bond donors (Lipinski definition) is 2. The van der Waals surface area contributed by atoms with Crippen LogP contribution in [-0.2, 0) is 4.79 Å². The molecule has 0 aromatic rings. The van der Waals surface area contributed by atoms with Gasteiger partial charge in [0.05, 0.1) is 6.54 Å². The van der Waals surface area contributed by atoms with Gasteiger partial charge in [-0.15, -0.1) is 0 Å². The average molecular weight is 169 g/mol. The van der Waals surface area contributed by atoms with Gasteiger partial charge in [0.15, 0.2) is 0 Å². The van der Waals surface area contributed by atoms with Crippen LogP contribution in [0.3, 0.4) is 0 Å². The number of aliphatic carboxylic acids is 1. The molecule has 3 heteroatoms. The van der Waals surface area contributed by atoms with E-state index in [0.29, 0.717) is 0 Å². The molecule has 2 unspecified atom stereocenters. The maximum absolute atomic E-state index is 9.24. The molecule has 0 aromatic heterocycles. The van der Waals surface area contributed by atoms with Gasteiger partial charge in [-0.3, -0.25) is 4.79 Å². The van der Waals surface area contributed by atoms with Gasteiger partial charge in [0.25, 0.3) is 0 Å². The molecule has 3 N–H and O–H groups in total. The Labute approximate surface area is 72.3 Å². The van der Waals surface area contributed by atoms with Crippen LogP contribution >= 0.6 is 0 Å². The molecule has 0 saturated heterocycles. The lowest BCUT2D eigenvalue weighted by Gasteiger charge is -1.96. The number of rotatable bonds is 1. The van der Waals surface area contributed by atoms with Crippen molar-refractivity contribution in [3.8, 4) is 0 Å². The fraction of sp³-hybridized carbons (Fsp3) is 0.667. The lowest BCUT2D eigenvalue weighted by molar-refractivity contribution is -0.135. The summed E-state index contributed by atoms with van der Waals surface area (Å²) < 4.78 is 0. The van der Waals surface area contributed by atoms with E-state index < -0.39 is 5.97 Å². The Morgan fingerprint density at radius 2 is 1.83 bits per heavy atom. The van der Waals surface area contributed by atoms with Crippen molar-refractivity contribution in [2.24, 2.45) is 17.6 Å². The average Bonchev–Trinajstić information content (AvgIpc) is 2.67. The first-order valence-corrected chi connectivity index (χ1v) is 4.32. The summed E-state index contributed by atoms with van der Waals surface area (Å²) in [6.07, 6.45) is 9.19. The molecule has 2 bridgehead atoms. The Balaban J connectivity index is 0.000000130. The van der Waals surface area contributed by atoms with Crippen molar-refractivity contribution in [3.63, 3.8) is 0 Å². The molecule has 12 heavy (non-hydrogen) atoms. The number of hydrogen-bond acceptors (Lipinski definition) is 2. The predicted molar refractivity (Wildman–Crippen MR) is 46.7 cm³/mol. The normalized spacial score (nSPS) is 29.8. The first-order chi connectivity index (χ1) is 5.72. The zero-order chi connectivity index (χ0) is 8.97. The molecular formula is C9H15NO2. The summed E-state index contributed by atoms with van der Waals surface area (Å²) >= 11 is 0. The van der Waals surface area contributed by atoms with Crippen LogP contribution in [0.2, 0.25) is 0 Å². The number of carboxylic acids is 1. The summed E-state index contributed by atoms with van der Waals surface area (Å²) in [6, 6.07) is 0. The molecule has 0 radical (unpaired) electrons. The van der Waals surface area contributed by atoms with Gasteiger partial charge in [-0.25, -0.2) is 0 Å². The van der Waals surface area contributed by atoms with Crippen LogP contribution in [0, 0.1) is 11.8 Å². The lowest BCUT2D eigenvalue weighted by atomic mass is 10.1. The van der Waals surface area contributed by atoms with E-state index in [0.717, 1.165) is 11.8 Å². The van der Waals surface area contributed by atoms with Gasteiger partial charge in [0.1, 0.15) is 0 Å². The van der Waals surface area contributed by atoms with Gasteiger partial charge in [-0.05, 0) is 31.1 Å². The van der Waals surface area contributed by atoms with E-state index in [1.165, 1.54) is 19.3 Å². The molecule has 2 aliphatic rings. The van der Waals surface area contributed by atoms with Crippen molar-refractivity contribution in [1.29, 1.82) is 0 Å². The first-order valence-electron chi connectivity index (χ1n) is 4.32. The van der Waals surface area contributed by atoms with Crippen molar-refractivity contribution in [2.45, 2.75) is 19.3 Å². The zero-order valence-corrected chi connectivity index (χ0v) is 7.07. The maximum Gasteiger partial charge on any atom is 0.317 e. The van der Waals surface area contributed by atoms with Gasteiger partial charge >= 0.3 is 5.97 Å². The van der Waals surface area contributed by atoms with Crippen molar-refractivity contribution >= 4 is 5.97 Å². The second-order valence-corrected chi connectivity index (χ2v) is 3.32. The number of allylic oxidation sites excluding steroid dienone is 2. The maximum atomic E-state index is 9.24. The fourth-order valence-electron chi connectivity index (χ4n) is 1.72. The summed E-state index contributed by atoms with van der Waals surface area (Å²) in [4.78, 5) is 9.24. The van der Waals surface area contributed by atoms with Crippen LogP contribution in [-0.4, -0.2) is 17.6 Å². The third-order valence-electron chi connectivity index (χ3n) is 2.34. The molecule has 0 aliphatic heterocycles. The minimum Gasteiger partial charge on any atom is -0.480 e. The largest absolute Gasteiger partial charge is 0.480 e. The van der Waals surface area contributed by atoms with Crippen molar-refractivity contribution in [3.05, 3.63) is 12.2 Å². The van der Waals surface area contributed by atoms with Crippen LogP contribution in [0.1, 0.15) is 19.3 Å². The standard InChI is InChI=1S/C7H10.C2H5NO2/c1-2-7-4-3-6(1)5-7;3-1-2(4)5/h1-2,6-7H,3-5H2;1,3H2,(H,4,5). The first kappa shape index (κ1) is 9.26. The lowest BCUT2D eigenvalue weighted by Crippen LogP contribution is -2.10. The van der Waals surface area contributed by atoms with Crippen LogP contribution in [0.5, 0.6) is 0 Å². The molecule has 0 aromatic carbocycles. The third-order valence-corrected chi connectivity index (χ3v) is 2.34. The van der Waals surface area contributed by atoms with Crippen LogP contribution in [0.4, 0.5) is 0 Å². The predicted octanol–water partition coefficient (Wildman–Crippen LogP) is 1.00. The fourth-order valence-corrected chi connectivity index (χ4v) is 1.72. The molecule has 68 valence electrons. The topological polar surface area (TPSA) is 63.3 Å². The highest BCUT2D eigenvalue weighted by Crippen LogP contribution is 2.38. The van der Waals surface area contributed by atoms with Gasteiger partial charge in [0.2, 0.25) is 0 Å². The van der Waals surface area contributed by atoms with Crippen molar-refractivity contribution < 1.29 is 9.90 Å². The Morgan fingerprint density at radius 3 is 1.92 bits per heavy atom. The second-order valence-electron chi connectivity index (χ2n) is 3.32. The van der Waals surface area contributed by atoms with E-state index in [1.54, 1.807) is 0 Å². The van der Waals surface area contributed by atoms with Gasteiger partial charge in [-0.1, -0.05) is 12.2 Å². The highest BCUT2D eigenvalue weighted by molar-refractivity contribution is 5.68. The number of fused-ring (bicyclic) bond motifs is 2. The van der Waals surface area contributed by atoms with E-state index >= 15 is 0 Å². The number of carboxylic acid groups (broad SMARTS) is 1. The van der Waals surface area contributed by atoms with Gasteiger partial charge in [-0.2, -0.15) is 0 Å². The minimum atomic E-state index is -0.968. The van der Waals surface area contributed by atoms with Crippen LogP contribution in [0.25, 0.3) is 0 Å². The minimum absolute atomic E-state index is 0.278.